The number of rotatable bonds is 7. The second-order valence-electron chi connectivity index (χ2n) is 7.94. The molecule has 0 aliphatic rings. The van der Waals surface area contributed by atoms with E-state index in [4.69, 9.17) is 4.74 Å². The van der Waals surface area contributed by atoms with Gasteiger partial charge in [-0.15, -0.1) is 0 Å². The predicted molar refractivity (Wildman–Crippen MR) is 103 cm³/mol. The van der Waals surface area contributed by atoms with Crippen molar-refractivity contribution in [2.75, 3.05) is 13.7 Å². The number of halogens is 4. The number of hydrogen-bond donors (Lipinski definition) is 2. The number of aryl methyl sites for hydroxylation is 2. The Morgan fingerprint density at radius 1 is 1.00 bits per heavy atom. The Morgan fingerprint density at radius 2 is 1.59 bits per heavy atom. The van der Waals surface area contributed by atoms with Crippen LogP contribution < -0.4 is 4.74 Å². The van der Waals surface area contributed by atoms with Gasteiger partial charge in [0.05, 0.1) is 13.7 Å². The van der Waals surface area contributed by atoms with Crippen LogP contribution in [0.3, 0.4) is 0 Å². The average molecular weight is 414 g/mol. The Kier molecular flexibility index (Phi) is 6.65. The van der Waals surface area contributed by atoms with Gasteiger partial charge >= 0.3 is 6.18 Å². The average Bonchev–Trinajstić information content (AvgIpc) is 2.59. The molecule has 2 unspecified atom stereocenters. The summed E-state index contributed by atoms with van der Waals surface area (Å²) in [5.41, 5.74) is -1.95. The first-order valence-electron chi connectivity index (χ1n) is 9.15. The van der Waals surface area contributed by atoms with Crippen molar-refractivity contribution < 1.29 is 32.5 Å². The van der Waals surface area contributed by atoms with Gasteiger partial charge in [-0.1, -0.05) is 36.2 Å². The van der Waals surface area contributed by atoms with Gasteiger partial charge in [0.15, 0.2) is 5.60 Å². The van der Waals surface area contributed by atoms with E-state index in [9.17, 15) is 27.8 Å². The smallest absolute Gasteiger partial charge is 0.419 e. The summed E-state index contributed by atoms with van der Waals surface area (Å²) >= 11 is 0. The molecule has 0 bridgehead atoms. The van der Waals surface area contributed by atoms with Crippen LogP contribution in [0.25, 0.3) is 0 Å². The lowest BCUT2D eigenvalue weighted by Gasteiger charge is -2.39. The summed E-state index contributed by atoms with van der Waals surface area (Å²) in [4.78, 5) is 0. The zero-order valence-corrected chi connectivity index (χ0v) is 16.9. The van der Waals surface area contributed by atoms with Crippen LogP contribution in [-0.2, 0) is 11.8 Å². The summed E-state index contributed by atoms with van der Waals surface area (Å²) in [6.45, 7) is 3.75. The largest absolute Gasteiger partial charge is 0.496 e. The van der Waals surface area contributed by atoms with Gasteiger partial charge in [-0.3, -0.25) is 0 Å². The Hall–Kier alpha value is -2.12. The van der Waals surface area contributed by atoms with Crippen molar-refractivity contribution in [2.24, 2.45) is 0 Å². The second-order valence-corrected chi connectivity index (χ2v) is 7.94. The summed E-state index contributed by atoms with van der Waals surface area (Å²) in [7, 11) is 1.34. The lowest BCUT2D eigenvalue weighted by atomic mass is 9.69. The van der Waals surface area contributed by atoms with Crippen LogP contribution >= 0.6 is 0 Å². The third-order valence-electron chi connectivity index (χ3n) is 5.16. The van der Waals surface area contributed by atoms with E-state index in [0.29, 0.717) is 0 Å². The fourth-order valence-electron chi connectivity index (χ4n) is 3.92. The van der Waals surface area contributed by atoms with E-state index in [-0.39, 0.29) is 17.7 Å². The molecule has 0 saturated carbocycles. The molecule has 0 heterocycles. The molecule has 2 rings (SSSR count). The SMILES string of the molecule is COc1ccc(F)cc1C(C)(Cc1cc(C)cc(C)c1)CC(O)(CO)C(F)(F)F. The zero-order chi connectivity index (χ0) is 22.0. The van der Waals surface area contributed by atoms with Crippen molar-refractivity contribution in [3.05, 3.63) is 64.5 Å². The molecule has 0 fully saturated rings. The molecule has 0 aliphatic carbocycles. The van der Waals surface area contributed by atoms with Crippen LogP contribution in [0, 0.1) is 19.7 Å². The molecule has 0 spiro atoms. The van der Waals surface area contributed by atoms with Crippen LogP contribution in [0.15, 0.2) is 36.4 Å². The molecular weight excluding hydrogens is 388 g/mol. The fourth-order valence-corrected chi connectivity index (χ4v) is 3.92. The molecule has 0 saturated heterocycles. The number of alkyl halides is 3. The van der Waals surface area contributed by atoms with Gasteiger partial charge in [0.2, 0.25) is 0 Å². The lowest BCUT2D eigenvalue weighted by Crippen LogP contribution is -2.53. The van der Waals surface area contributed by atoms with Crippen molar-refractivity contribution in [3.8, 4) is 5.75 Å². The van der Waals surface area contributed by atoms with Crippen LogP contribution in [-0.4, -0.2) is 35.7 Å². The summed E-state index contributed by atoms with van der Waals surface area (Å²) in [5.74, 6) is -0.423. The number of hydrogen-bond acceptors (Lipinski definition) is 3. The highest BCUT2D eigenvalue weighted by Gasteiger charge is 2.56. The monoisotopic (exact) mass is 414 g/mol. The fraction of sp³-hybridized carbons (Fsp3) is 0.455. The van der Waals surface area contributed by atoms with Gasteiger partial charge in [0.25, 0.3) is 0 Å². The third kappa shape index (κ3) is 5.08. The molecule has 2 aromatic carbocycles. The molecule has 2 aromatic rings. The van der Waals surface area contributed by atoms with Crippen LogP contribution in [0.2, 0.25) is 0 Å². The minimum absolute atomic E-state index is 0.0771. The Morgan fingerprint density at radius 3 is 2.07 bits per heavy atom. The highest BCUT2D eigenvalue weighted by Crippen LogP contribution is 2.45. The van der Waals surface area contributed by atoms with Gasteiger partial charge in [0.1, 0.15) is 11.6 Å². The third-order valence-corrected chi connectivity index (χ3v) is 5.16. The van der Waals surface area contributed by atoms with E-state index < -0.39 is 36.0 Å². The van der Waals surface area contributed by atoms with Crippen LogP contribution in [0.5, 0.6) is 5.75 Å². The Labute approximate surface area is 168 Å². The maximum absolute atomic E-state index is 14.0. The van der Waals surface area contributed by atoms with Crippen molar-refractivity contribution in [2.45, 2.75) is 50.8 Å². The zero-order valence-electron chi connectivity index (χ0n) is 16.9. The summed E-state index contributed by atoms with van der Waals surface area (Å²) in [6.07, 6.45) is -5.85. The second kappa shape index (κ2) is 8.32. The number of aliphatic hydroxyl groups is 2. The summed E-state index contributed by atoms with van der Waals surface area (Å²) < 4.78 is 60.0. The highest BCUT2D eigenvalue weighted by atomic mass is 19.4. The van der Waals surface area contributed by atoms with E-state index in [0.717, 1.165) is 28.8 Å². The molecule has 3 nitrogen and oxygen atoms in total. The van der Waals surface area contributed by atoms with Crippen LogP contribution in [0.1, 0.15) is 35.6 Å². The molecular formula is C22H26F4O3. The first-order chi connectivity index (χ1) is 13.3. The highest BCUT2D eigenvalue weighted by molar-refractivity contribution is 5.42. The van der Waals surface area contributed by atoms with Crippen LogP contribution in [0.4, 0.5) is 17.6 Å². The number of methoxy groups -OCH3 is 1. The van der Waals surface area contributed by atoms with Gasteiger partial charge in [0, 0.05) is 11.0 Å². The molecule has 2 atom stereocenters. The maximum atomic E-state index is 14.0. The molecule has 0 aromatic heterocycles. The van der Waals surface area contributed by atoms with E-state index >= 15 is 0 Å². The summed E-state index contributed by atoms with van der Waals surface area (Å²) in [5, 5.41) is 19.7. The molecule has 7 heteroatoms. The Bertz CT molecular complexity index is 845. The van der Waals surface area contributed by atoms with E-state index in [1.165, 1.54) is 20.1 Å². The Balaban J connectivity index is 2.66. The molecule has 29 heavy (non-hydrogen) atoms. The van der Waals surface area contributed by atoms with Crippen molar-refractivity contribution in [1.29, 1.82) is 0 Å². The van der Waals surface area contributed by atoms with Crippen molar-refractivity contribution >= 4 is 0 Å². The van der Waals surface area contributed by atoms with E-state index in [1.807, 2.05) is 32.0 Å². The van der Waals surface area contributed by atoms with E-state index in [1.54, 1.807) is 0 Å². The predicted octanol–water partition coefficient (Wildman–Crippen LogP) is 4.63. The minimum atomic E-state index is -5.06. The van der Waals surface area contributed by atoms with Gasteiger partial charge in [-0.05, 0) is 50.5 Å². The number of ether oxygens (including phenoxy) is 1. The molecule has 2 N–H and O–H groups in total. The lowest BCUT2D eigenvalue weighted by molar-refractivity contribution is -0.277. The number of benzene rings is 2. The van der Waals surface area contributed by atoms with Gasteiger partial charge < -0.3 is 14.9 Å². The van der Waals surface area contributed by atoms with Gasteiger partial charge in [-0.2, -0.15) is 13.2 Å². The number of aliphatic hydroxyl groups excluding tert-OH is 1. The quantitative estimate of drug-likeness (QED) is 0.650. The molecule has 0 aliphatic heterocycles. The first kappa shape index (κ1) is 23.2. The standard InChI is InChI=1S/C22H26F4O3/c1-14-7-15(2)9-16(8-14)11-20(3,12-21(28,13-27)22(24,25)26)18-10-17(23)5-6-19(18)29-4/h5-10,27-28H,11-13H2,1-4H3. The van der Waals surface area contributed by atoms with E-state index in [2.05, 4.69) is 0 Å². The van der Waals surface area contributed by atoms with Crippen molar-refractivity contribution in [1.82, 2.24) is 0 Å². The normalized spacial score (nSPS) is 16.2. The molecule has 160 valence electrons. The topological polar surface area (TPSA) is 49.7 Å². The molecule has 0 radical (unpaired) electrons. The first-order valence-corrected chi connectivity index (χ1v) is 9.15. The summed E-state index contributed by atoms with van der Waals surface area (Å²) in [6, 6.07) is 9.22. The minimum Gasteiger partial charge on any atom is -0.496 e. The maximum Gasteiger partial charge on any atom is 0.419 e. The van der Waals surface area contributed by atoms with Gasteiger partial charge in [-0.25, -0.2) is 4.39 Å². The van der Waals surface area contributed by atoms with Crippen molar-refractivity contribution in [3.63, 3.8) is 0 Å². The molecule has 0 amide bonds.